The lowest BCUT2D eigenvalue weighted by atomic mass is 9.73. The molecule has 2 rings (SSSR count). The second-order valence-corrected chi connectivity index (χ2v) is 9.65. The van der Waals surface area contributed by atoms with Crippen LogP contribution in [-0.4, -0.2) is 52.0 Å². The lowest BCUT2D eigenvalue weighted by molar-refractivity contribution is 0.00394. The fraction of sp³-hybridized carbons (Fsp3) is 0.944. The predicted molar refractivity (Wildman–Crippen MR) is 102 cm³/mol. The molecule has 0 spiro atoms. The van der Waals surface area contributed by atoms with Crippen molar-refractivity contribution in [2.75, 3.05) is 19.3 Å². The smallest absolute Gasteiger partial charge is 0.191 e. The van der Waals surface area contributed by atoms with E-state index in [1.165, 1.54) is 6.42 Å². The van der Waals surface area contributed by atoms with Gasteiger partial charge in [-0.1, -0.05) is 33.1 Å². The minimum Gasteiger partial charge on any atom is -0.392 e. The van der Waals surface area contributed by atoms with E-state index in [-0.39, 0.29) is 11.5 Å². The van der Waals surface area contributed by atoms with E-state index >= 15 is 0 Å². The summed E-state index contributed by atoms with van der Waals surface area (Å²) >= 11 is 0. The third kappa shape index (κ3) is 5.19. The summed E-state index contributed by atoms with van der Waals surface area (Å²) < 4.78 is 12.1. The van der Waals surface area contributed by atoms with Gasteiger partial charge in [0.15, 0.2) is 5.96 Å². The minimum atomic E-state index is -0.703. The average Bonchev–Trinajstić information content (AvgIpc) is 2.61. The highest BCUT2D eigenvalue weighted by molar-refractivity contribution is 7.85. The van der Waals surface area contributed by atoms with E-state index in [9.17, 15) is 9.32 Å². The first-order chi connectivity index (χ1) is 11.5. The van der Waals surface area contributed by atoms with Crippen LogP contribution in [0.3, 0.4) is 0 Å². The van der Waals surface area contributed by atoms with Gasteiger partial charge in [-0.2, -0.15) is 0 Å². The van der Waals surface area contributed by atoms with Crippen molar-refractivity contribution in [2.24, 2.45) is 10.4 Å². The molecular formula is C18H35N3O2S. The summed E-state index contributed by atoms with van der Waals surface area (Å²) in [5, 5.41) is 17.6. The third-order valence-electron chi connectivity index (χ3n) is 5.79. The van der Waals surface area contributed by atoms with Gasteiger partial charge in [-0.3, -0.25) is 9.20 Å². The molecule has 0 aromatic rings. The van der Waals surface area contributed by atoms with Crippen LogP contribution in [0.25, 0.3) is 0 Å². The molecule has 5 unspecified atom stereocenters. The first-order valence-corrected chi connectivity index (χ1v) is 10.9. The molecule has 2 aliphatic rings. The number of guanidine groups is 1. The lowest BCUT2D eigenvalue weighted by Gasteiger charge is -2.39. The Morgan fingerprint density at radius 2 is 2.08 bits per heavy atom. The average molecular weight is 358 g/mol. The molecule has 2 fully saturated rings. The molecule has 0 saturated heterocycles. The molecular weight excluding hydrogens is 322 g/mol. The largest absolute Gasteiger partial charge is 0.392 e. The van der Waals surface area contributed by atoms with Crippen LogP contribution in [0.2, 0.25) is 0 Å². The Bertz CT molecular complexity index is 458. The lowest BCUT2D eigenvalue weighted by Crippen LogP contribution is -2.51. The fourth-order valence-corrected chi connectivity index (χ4v) is 5.36. The molecule has 2 aliphatic carbocycles. The van der Waals surface area contributed by atoms with Crippen molar-refractivity contribution >= 4 is 16.8 Å². The van der Waals surface area contributed by atoms with Crippen LogP contribution >= 0.6 is 0 Å². The van der Waals surface area contributed by atoms with Gasteiger partial charge in [0.2, 0.25) is 0 Å². The highest BCUT2D eigenvalue weighted by Crippen LogP contribution is 2.35. The normalized spacial score (nSPS) is 36.2. The fourth-order valence-electron chi connectivity index (χ4n) is 4.01. The summed E-state index contributed by atoms with van der Waals surface area (Å²) in [6.07, 6.45) is 8.31. The molecule has 5 atom stereocenters. The molecule has 0 radical (unpaired) electrons. The van der Waals surface area contributed by atoms with E-state index in [1.54, 1.807) is 7.05 Å². The summed E-state index contributed by atoms with van der Waals surface area (Å²) in [7, 11) is 1.09. The van der Waals surface area contributed by atoms with Crippen LogP contribution in [0, 0.1) is 5.41 Å². The van der Waals surface area contributed by atoms with Crippen molar-refractivity contribution in [3.63, 3.8) is 0 Å². The molecule has 2 saturated carbocycles. The SMILES string of the molecule is CCS(=O)C1CCCC(NC(=NC)NCC2(C)CCCCC2O)C1. The predicted octanol–water partition coefficient (Wildman–Crippen LogP) is 2.17. The monoisotopic (exact) mass is 357 g/mol. The molecule has 140 valence electrons. The summed E-state index contributed by atoms with van der Waals surface area (Å²) in [4.78, 5) is 4.35. The molecule has 3 N–H and O–H groups in total. The van der Waals surface area contributed by atoms with Crippen LogP contribution in [0.4, 0.5) is 0 Å². The number of rotatable bonds is 5. The Hall–Kier alpha value is -0.620. The molecule has 0 aromatic heterocycles. The van der Waals surface area contributed by atoms with Gasteiger partial charge in [0.25, 0.3) is 0 Å². The summed E-state index contributed by atoms with van der Waals surface area (Å²) in [5.74, 6) is 1.56. The van der Waals surface area contributed by atoms with E-state index in [0.29, 0.717) is 11.3 Å². The van der Waals surface area contributed by atoms with Crippen molar-refractivity contribution in [3.8, 4) is 0 Å². The molecule has 0 bridgehead atoms. The first kappa shape index (κ1) is 19.7. The van der Waals surface area contributed by atoms with E-state index in [1.807, 2.05) is 6.92 Å². The zero-order valence-electron chi connectivity index (χ0n) is 15.5. The van der Waals surface area contributed by atoms with Crippen molar-refractivity contribution in [1.82, 2.24) is 10.6 Å². The van der Waals surface area contributed by atoms with Crippen molar-refractivity contribution in [2.45, 2.75) is 82.6 Å². The van der Waals surface area contributed by atoms with Crippen LogP contribution < -0.4 is 10.6 Å². The Balaban J connectivity index is 1.84. The Labute approximate surface area is 149 Å². The van der Waals surface area contributed by atoms with Crippen molar-refractivity contribution in [1.29, 1.82) is 0 Å². The topological polar surface area (TPSA) is 73.7 Å². The first-order valence-electron chi connectivity index (χ1n) is 9.51. The summed E-state index contributed by atoms with van der Waals surface area (Å²) in [6.45, 7) is 4.91. The van der Waals surface area contributed by atoms with Crippen LogP contribution in [0.1, 0.15) is 65.2 Å². The second kappa shape index (κ2) is 9.18. The van der Waals surface area contributed by atoms with E-state index in [2.05, 4.69) is 22.5 Å². The van der Waals surface area contributed by atoms with Crippen molar-refractivity contribution < 1.29 is 9.32 Å². The number of aliphatic hydroxyl groups excluding tert-OH is 1. The van der Waals surface area contributed by atoms with Crippen LogP contribution in [-0.2, 0) is 10.8 Å². The molecule has 0 heterocycles. The second-order valence-electron chi connectivity index (χ2n) is 7.64. The standard InChI is InChI=1S/C18H35N3O2S/c1-4-24(23)15-9-7-8-14(12-15)21-17(19-3)20-13-18(2)11-6-5-10-16(18)22/h14-16,22H,4-13H2,1-3H3,(H2,19,20,21). The number of aliphatic imine (C=N–C) groups is 1. The van der Waals surface area contributed by atoms with Crippen molar-refractivity contribution in [3.05, 3.63) is 0 Å². The highest BCUT2D eigenvalue weighted by atomic mass is 32.2. The molecule has 0 aliphatic heterocycles. The zero-order chi connectivity index (χ0) is 17.6. The van der Waals surface area contributed by atoms with Gasteiger partial charge in [0, 0.05) is 46.9 Å². The Morgan fingerprint density at radius 1 is 1.29 bits per heavy atom. The molecule has 6 heteroatoms. The van der Waals surface area contributed by atoms with Gasteiger partial charge in [-0.25, -0.2) is 0 Å². The highest BCUT2D eigenvalue weighted by Gasteiger charge is 2.35. The van der Waals surface area contributed by atoms with Gasteiger partial charge in [-0.05, 0) is 32.1 Å². The molecule has 5 nitrogen and oxygen atoms in total. The number of nitrogens with one attached hydrogen (secondary N) is 2. The third-order valence-corrected chi connectivity index (χ3v) is 7.53. The summed E-state index contributed by atoms with van der Waals surface area (Å²) in [6, 6.07) is 0.342. The van der Waals surface area contributed by atoms with E-state index < -0.39 is 10.8 Å². The van der Waals surface area contributed by atoms with Gasteiger partial charge < -0.3 is 15.7 Å². The van der Waals surface area contributed by atoms with Crippen LogP contribution in [0.5, 0.6) is 0 Å². The zero-order valence-corrected chi connectivity index (χ0v) is 16.3. The quantitative estimate of drug-likeness (QED) is 0.521. The number of nitrogens with zero attached hydrogens (tertiary/aromatic N) is 1. The van der Waals surface area contributed by atoms with Gasteiger partial charge >= 0.3 is 0 Å². The maximum Gasteiger partial charge on any atom is 0.191 e. The number of hydrogen-bond acceptors (Lipinski definition) is 3. The molecule has 0 aromatic carbocycles. The van der Waals surface area contributed by atoms with Gasteiger partial charge in [-0.15, -0.1) is 0 Å². The van der Waals surface area contributed by atoms with Crippen LogP contribution in [0.15, 0.2) is 4.99 Å². The molecule has 24 heavy (non-hydrogen) atoms. The summed E-state index contributed by atoms with van der Waals surface area (Å²) in [5.41, 5.74) is -0.0747. The van der Waals surface area contributed by atoms with E-state index in [0.717, 1.165) is 63.2 Å². The van der Waals surface area contributed by atoms with Gasteiger partial charge in [0.05, 0.1) is 6.10 Å². The van der Waals surface area contributed by atoms with E-state index in [4.69, 9.17) is 0 Å². The maximum atomic E-state index is 12.1. The van der Waals surface area contributed by atoms with Gasteiger partial charge in [0.1, 0.15) is 0 Å². The Kier molecular flexibility index (Phi) is 7.54. The maximum absolute atomic E-state index is 12.1. The molecule has 0 amide bonds. The Morgan fingerprint density at radius 3 is 2.75 bits per heavy atom. The number of hydrogen-bond donors (Lipinski definition) is 3. The minimum absolute atomic E-state index is 0.0747. The number of aliphatic hydroxyl groups is 1.